The van der Waals surface area contributed by atoms with Crippen molar-refractivity contribution < 1.29 is 18.7 Å². The maximum atomic E-state index is 13.7. The lowest BCUT2D eigenvalue weighted by atomic mass is 9.73. The number of nitrogens with one attached hydrogen (secondary N) is 1. The molecule has 6 nitrogen and oxygen atoms in total. The molecule has 0 saturated carbocycles. The fourth-order valence-corrected chi connectivity index (χ4v) is 5.28. The molecule has 190 valence electrons. The molecule has 37 heavy (non-hydrogen) atoms. The smallest absolute Gasteiger partial charge is 0.337 e. The summed E-state index contributed by atoms with van der Waals surface area (Å²) in [5.74, 6) is 0.349. The number of nitrogens with zero attached hydrogens (tertiary/aromatic N) is 1. The summed E-state index contributed by atoms with van der Waals surface area (Å²) in [6.07, 6.45) is 1.06. The Morgan fingerprint density at radius 1 is 1.00 bits per heavy atom. The Morgan fingerprint density at radius 3 is 2.38 bits per heavy atom. The van der Waals surface area contributed by atoms with Crippen LogP contribution in [0.25, 0.3) is 0 Å². The van der Waals surface area contributed by atoms with E-state index in [1.165, 1.54) is 0 Å². The van der Waals surface area contributed by atoms with Crippen molar-refractivity contribution in [1.82, 2.24) is 5.32 Å². The van der Waals surface area contributed by atoms with Gasteiger partial charge < -0.3 is 19.4 Å². The van der Waals surface area contributed by atoms with Gasteiger partial charge in [0.1, 0.15) is 18.1 Å². The van der Waals surface area contributed by atoms with Gasteiger partial charge in [0, 0.05) is 43.2 Å². The van der Waals surface area contributed by atoms with Crippen LogP contribution in [-0.4, -0.2) is 25.8 Å². The minimum Gasteiger partial charge on any atom is -0.465 e. The van der Waals surface area contributed by atoms with E-state index in [9.17, 15) is 9.59 Å². The molecule has 2 aromatic carbocycles. The van der Waals surface area contributed by atoms with Crippen molar-refractivity contribution in [2.75, 3.05) is 19.0 Å². The molecule has 0 radical (unpaired) electrons. The van der Waals surface area contributed by atoms with Crippen LogP contribution in [0.5, 0.6) is 0 Å². The Bertz CT molecular complexity index is 1380. The number of allylic oxidation sites excluding steroid dienone is 3. The number of rotatable bonds is 6. The molecule has 6 heteroatoms. The highest BCUT2D eigenvalue weighted by atomic mass is 16.5. The molecule has 0 bridgehead atoms. The molecule has 1 aromatic heterocycles. The maximum Gasteiger partial charge on any atom is 0.337 e. The van der Waals surface area contributed by atoms with Crippen LogP contribution in [0.15, 0.2) is 93.7 Å². The molecule has 1 N–H and O–H groups in total. The molecule has 2 atom stereocenters. The van der Waals surface area contributed by atoms with Crippen molar-refractivity contribution in [2.45, 2.75) is 45.1 Å². The molecule has 2 heterocycles. The maximum absolute atomic E-state index is 13.7. The third-order valence-corrected chi connectivity index (χ3v) is 7.19. The van der Waals surface area contributed by atoms with Crippen LogP contribution < -0.4 is 10.2 Å². The van der Waals surface area contributed by atoms with Gasteiger partial charge in [0.05, 0.1) is 11.5 Å². The van der Waals surface area contributed by atoms with Crippen LogP contribution >= 0.6 is 0 Å². The highest BCUT2D eigenvalue weighted by Gasteiger charge is 2.42. The fraction of sp³-hybridized carbons (Fsp3) is 0.290. The summed E-state index contributed by atoms with van der Waals surface area (Å²) in [5.41, 5.74) is 5.72. The summed E-state index contributed by atoms with van der Waals surface area (Å²) in [6.45, 7) is 3.89. The van der Waals surface area contributed by atoms with Gasteiger partial charge in [-0.05, 0) is 61.6 Å². The van der Waals surface area contributed by atoms with Crippen LogP contribution in [0.2, 0.25) is 0 Å². The quantitative estimate of drug-likeness (QED) is 0.438. The predicted molar refractivity (Wildman–Crippen MR) is 143 cm³/mol. The fourth-order valence-electron chi connectivity index (χ4n) is 5.28. The summed E-state index contributed by atoms with van der Waals surface area (Å²) >= 11 is 0. The molecule has 2 aliphatic rings. The number of benzene rings is 2. The average Bonchev–Trinajstić information content (AvgIpc) is 3.32. The Hall–Kier alpha value is -4.06. The number of carbonyl (C=O) groups excluding carboxylic acids is 2. The number of ketones is 1. The zero-order valence-electron chi connectivity index (χ0n) is 21.7. The zero-order chi connectivity index (χ0) is 26.1. The number of hydrogen-bond acceptors (Lipinski definition) is 6. The van der Waals surface area contributed by atoms with Crippen LogP contribution in [0.3, 0.4) is 0 Å². The van der Waals surface area contributed by atoms with Gasteiger partial charge in [-0.1, -0.05) is 42.5 Å². The van der Waals surface area contributed by atoms with Gasteiger partial charge in [-0.2, -0.15) is 0 Å². The number of aryl methyl sites for hydroxylation is 1. The van der Waals surface area contributed by atoms with Crippen molar-refractivity contribution in [1.29, 1.82) is 0 Å². The minimum atomic E-state index is -0.599. The standard InChI is InChI=1S/C31H32N2O4/c1-19-10-15-27(37-19)30-28(31(35)36-18-21-8-6-5-7-9-21)20(2)32-25-16-23(17-26(34)29(25)30)22-11-13-24(14-12-22)33(3)4/h5-15,23,30,32H,16-18H2,1-4H3. The van der Waals surface area contributed by atoms with E-state index < -0.39 is 11.9 Å². The molecular formula is C31H32N2O4. The molecule has 2 unspecified atom stereocenters. The molecule has 1 aliphatic carbocycles. The SMILES string of the molecule is CC1=C(C(=O)OCc2ccccc2)C(c2ccc(C)o2)C2=C(CC(c3ccc(N(C)C)cc3)CC2=O)N1. The Balaban J connectivity index is 1.47. The van der Waals surface area contributed by atoms with Crippen LogP contribution in [-0.2, 0) is 20.9 Å². The second-order valence-electron chi connectivity index (χ2n) is 10.0. The number of carbonyl (C=O) groups is 2. The van der Waals surface area contributed by atoms with E-state index in [0.29, 0.717) is 35.4 Å². The van der Waals surface area contributed by atoms with Crippen LogP contribution in [0.1, 0.15) is 54.2 Å². The zero-order valence-corrected chi connectivity index (χ0v) is 21.7. The molecular weight excluding hydrogens is 464 g/mol. The van der Waals surface area contributed by atoms with Gasteiger partial charge >= 0.3 is 5.97 Å². The monoisotopic (exact) mass is 496 g/mol. The lowest BCUT2D eigenvalue weighted by molar-refractivity contribution is -0.140. The van der Waals surface area contributed by atoms with Gasteiger partial charge in [-0.15, -0.1) is 0 Å². The normalized spacial score (nSPS) is 19.4. The number of hydrogen-bond donors (Lipinski definition) is 1. The molecule has 1 aliphatic heterocycles. The second-order valence-corrected chi connectivity index (χ2v) is 10.0. The minimum absolute atomic E-state index is 0.0235. The molecule has 0 spiro atoms. The Labute approximate surface area is 217 Å². The molecule has 5 rings (SSSR count). The summed E-state index contributed by atoms with van der Waals surface area (Å²) in [4.78, 5) is 29.2. The van der Waals surface area contributed by atoms with E-state index in [1.54, 1.807) is 0 Å². The van der Waals surface area contributed by atoms with E-state index in [4.69, 9.17) is 9.15 Å². The number of ether oxygens (including phenoxy) is 1. The number of anilines is 1. The predicted octanol–water partition coefficient (Wildman–Crippen LogP) is 5.76. The molecule has 3 aromatic rings. The first kappa shape index (κ1) is 24.6. The van der Waals surface area contributed by atoms with Crippen molar-refractivity contribution >= 4 is 17.4 Å². The lowest BCUT2D eigenvalue weighted by Gasteiger charge is -2.35. The van der Waals surface area contributed by atoms with E-state index >= 15 is 0 Å². The van der Waals surface area contributed by atoms with Crippen LogP contribution in [0.4, 0.5) is 5.69 Å². The second kappa shape index (κ2) is 10.1. The number of dihydropyridines is 1. The van der Waals surface area contributed by atoms with Gasteiger partial charge in [-0.3, -0.25) is 4.79 Å². The van der Waals surface area contributed by atoms with Gasteiger partial charge in [0.15, 0.2) is 5.78 Å². The molecule has 0 fully saturated rings. The first-order chi connectivity index (χ1) is 17.8. The van der Waals surface area contributed by atoms with Gasteiger partial charge in [0.25, 0.3) is 0 Å². The third kappa shape index (κ3) is 4.96. The van der Waals surface area contributed by atoms with E-state index in [-0.39, 0.29) is 18.3 Å². The molecule has 0 amide bonds. The highest BCUT2D eigenvalue weighted by molar-refractivity contribution is 6.04. The first-order valence-electron chi connectivity index (χ1n) is 12.6. The topological polar surface area (TPSA) is 71.8 Å². The van der Waals surface area contributed by atoms with E-state index in [0.717, 1.165) is 28.3 Å². The highest BCUT2D eigenvalue weighted by Crippen LogP contribution is 2.46. The van der Waals surface area contributed by atoms with Crippen molar-refractivity contribution in [3.63, 3.8) is 0 Å². The van der Waals surface area contributed by atoms with Gasteiger partial charge in [-0.25, -0.2) is 4.79 Å². The number of esters is 1. The lowest BCUT2D eigenvalue weighted by Crippen LogP contribution is -2.36. The van der Waals surface area contributed by atoms with Crippen molar-refractivity contribution in [3.8, 4) is 0 Å². The molecule has 0 saturated heterocycles. The summed E-state index contributed by atoms with van der Waals surface area (Å²) in [7, 11) is 4.02. The van der Waals surface area contributed by atoms with E-state index in [1.807, 2.05) is 70.4 Å². The van der Waals surface area contributed by atoms with E-state index in [2.05, 4.69) is 34.5 Å². The van der Waals surface area contributed by atoms with Crippen LogP contribution in [0, 0.1) is 6.92 Å². The average molecular weight is 497 g/mol. The van der Waals surface area contributed by atoms with Crippen molar-refractivity contribution in [2.24, 2.45) is 0 Å². The number of furan rings is 1. The third-order valence-electron chi connectivity index (χ3n) is 7.19. The first-order valence-corrected chi connectivity index (χ1v) is 12.6. The summed E-state index contributed by atoms with van der Waals surface area (Å²) in [5, 5.41) is 3.40. The van der Waals surface area contributed by atoms with Crippen molar-refractivity contribution in [3.05, 3.63) is 112 Å². The summed E-state index contributed by atoms with van der Waals surface area (Å²) < 4.78 is 11.7. The largest absolute Gasteiger partial charge is 0.465 e. The van der Waals surface area contributed by atoms with Gasteiger partial charge in [0.2, 0.25) is 0 Å². The Morgan fingerprint density at radius 2 is 1.73 bits per heavy atom. The number of Topliss-reactive ketones (excluding diaryl/α,β-unsaturated/α-hetero) is 1. The Kier molecular flexibility index (Phi) is 6.74. The summed E-state index contributed by atoms with van der Waals surface area (Å²) in [6, 6.07) is 21.7.